The molecule has 19 heavy (non-hydrogen) atoms. The van der Waals surface area contributed by atoms with Gasteiger partial charge in [-0.15, -0.1) is 0 Å². The highest BCUT2D eigenvalue weighted by atomic mass is 19.4. The lowest BCUT2D eigenvalue weighted by Gasteiger charge is -2.15. The molecule has 0 aromatic carbocycles. The van der Waals surface area contributed by atoms with Gasteiger partial charge in [0.05, 0.1) is 0 Å². The van der Waals surface area contributed by atoms with E-state index in [1.54, 1.807) is 0 Å². The van der Waals surface area contributed by atoms with Gasteiger partial charge in [-0.05, 0) is 6.42 Å². The molecule has 0 atom stereocenters. The van der Waals surface area contributed by atoms with E-state index in [2.05, 4.69) is 10.2 Å². The van der Waals surface area contributed by atoms with Gasteiger partial charge in [-0.25, -0.2) is 9.59 Å². The summed E-state index contributed by atoms with van der Waals surface area (Å²) in [5, 5.41) is 2.15. The Morgan fingerprint density at radius 2 is 2.05 bits per heavy atom. The minimum atomic E-state index is -5.17. The number of carbonyl (C=O) groups is 3. The number of nitrogens with zero attached hydrogens (tertiary/aromatic N) is 1. The Morgan fingerprint density at radius 3 is 2.58 bits per heavy atom. The van der Waals surface area contributed by atoms with E-state index in [1.807, 2.05) is 0 Å². The van der Waals surface area contributed by atoms with E-state index < -0.39 is 18.2 Å². The van der Waals surface area contributed by atoms with Gasteiger partial charge < -0.3 is 15.1 Å². The Kier molecular flexibility index (Phi) is 4.95. The van der Waals surface area contributed by atoms with Gasteiger partial charge in [0.1, 0.15) is 0 Å². The summed E-state index contributed by atoms with van der Waals surface area (Å²) in [5.74, 6) is -2.55. The third-order valence-corrected chi connectivity index (χ3v) is 2.31. The quantitative estimate of drug-likeness (QED) is 0.710. The molecular weight excluding hydrogens is 271 g/mol. The molecule has 1 rings (SSSR count). The van der Waals surface area contributed by atoms with E-state index in [1.165, 1.54) is 10.4 Å². The summed E-state index contributed by atoms with van der Waals surface area (Å²) in [6.45, 7) is 0.881. The molecule has 1 fully saturated rings. The van der Waals surface area contributed by atoms with Gasteiger partial charge >= 0.3 is 18.2 Å². The fourth-order valence-electron chi connectivity index (χ4n) is 1.43. The van der Waals surface area contributed by atoms with Crippen LogP contribution < -0.4 is 10.8 Å². The van der Waals surface area contributed by atoms with Crippen LogP contribution in [0.2, 0.25) is 0 Å². The number of hydroxylamine groups is 1. The van der Waals surface area contributed by atoms with Crippen LogP contribution in [0.15, 0.2) is 0 Å². The number of hydrogen-bond acceptors (Lipinski definition) is 4. The molecule has 7 nitrogen and oxygen atoms in total. The summed E-state index contributed by atoms with van der Waals surface area (Å²) in [6.07, 6.45) is -3.97. The number of rotatable bonds is 3. The molecule has 108 valence electrons. The summed E-state index contributed by atoms with van der Waals surface area (Å²) in [5.41, 5.74) is 1.30. The Bertz CT molecular complexity index is 372. The van der Waals surface area contributed by atoms with E-state index in [-0.39, 0.29) is 19.0 Å². The average Bonchev–Trinajstić information content (AvgIpc) is 2.71. The van der Waals surface area contributed by atoms with Crippen LogP contribution in [-0.2, 0) is 14.4 Å². The first kappa shape index (κ1) is 15.1. The van der Waals surface area contributed by atoms with Crippen molar-refractivity contribution in [3.8, 4) is 0 Å². The maximum absolute atomic E-state index is 11.7. The first-order valence-electron chi connectivity index (χ1n) is 5.40. The van der Waals surface area contributed by atoms with Gasteiger partial charge in [0.2, 0.25) is 5.91 Å². The zero-order valence-electron chi connectivity index (χ0n) is 9.75. The predicted octanol–water partition coefficient (Wildman–Crippen LogP) is -0.0715. The summed E-state index contributed by atoms with van der Waals surface area (Å²) < 4.78 is 35.1. The lowest BCUT2D eigenvalue weighted by molar-refractivity contribution is -0.204. The zero-order chi connectivity index (χ0) is 14.5. The van der Waals surface area contributed by atoms with Crippen molar-refractivity contribution in [3.05, 3.63) is 0 Å². The Labute approximate surface area is 106 Å². The molecule has 1 aliphatic heterocycles. The molecule has 0 bridgehead atoms. The molecule has 1 heterocycles. The van der Waals surface area contributed by atoms with Gasteiger partial charge in [-0.3, -0.25) is 4.79 Å². The fourth-order valence-corrected chi connectivity index (χ4v) is 1.43. The molecule has 0 aliphatic carbocycles. The number of hydrogen-bond donors (Lipinski definition) is 2. The van der Waals surface area contributed by atoms with E-state index in [9.17, 15) is 27.6 Å². The van der Waals surface area contributed by atoms with E-state index in [0.29, 0.717) is 13.0 Å². The van der Waals surface area contributed by atoms with Crippen LogP contribution in [0.5, 0.6) is 0 Å². The largest absolute Gasteiger partial charge is 0.493 e. The van der Waals surface area contributed by atoms with E-state index in [0.717, 1.165) is 6.42 Å². The molecule has 0 spiro atoms. The minimum absolute atomic E-state index is 0.0364. The molecule has 0 saturated carbocycles. The summed E-state index contributed by atoms with van der Waals surface area (Å²) in [4.78, 5) is 37.4. The van der Waals surface area contributed by atoms with Crippen molar-refractivity contribution in [2.75, 3.05) is 19.6 Å². The van der Waals surface area contributed by atoms with E-state index >= 15 is 0 Å². The highest BCUT2D eigenvalue weighted by Gasteiger charge is 2.41. The maximum Gasteiger partial charge on any atom is 0.493 e. The molecule has 0 aromatic heterocycles. The second-order valence-corrected chi connectivity index (χ2v) is 3.73. The van der Waals surface area contributed by atoms with Crippen LogP contribution >= 0.6 is 0 Å². The molecule has 3 amide bonds. The lowest BCUT2D eigenvalue weighted by Crippen LogP contribution is -2.43. The summed E-state index contributed by atoms with van der Waals surface area (Å²) in [6, 6.07) is -1.09. The van der Waals surface area contributed by atoms with Crippen molar-refractivity contribution in [1.82, 2.24) is 15.7 Å². The number of amides is 3. The molecule has 0 aromatic rings. The normalized spacial score (nSPS) is 15.3. The van der Waals surface area contributed by atoms with Crippen LogP contribution in [0, 0.1) is 0 Å². The van der Waals surface area contributed by atoms with Gasteiger partial charge in [-0.1, -0.05) is 0 Å². The van der Waals surface area contributed by atoms with Crippen LogP contribution in [-0.4, -0.2) is 48.6 Å². The van der Waals surface area contributed by atoms with Crippen molar-refractivity contribution >= 4 is 17.9 Å². The van der Waals surface area contributed by atoms with Gasteiger partial charge in [0.15, 0.2) is 0 Å². The number of halogens is 3. The number of likely N-dealkylation sites (tertiary alicyclic amines) is 1. The lowest BCUT2D eigenvalue weighted by atomic mass is 10.4. The maximum atomic E-state index is 11.7. The fraction of sp³-hybridized carbons (Fsp3) is 0.667. The smallest absolute Gasteiger partial charge is 0.341 e. The first-order valence-corrected chi connectivity index (χ1v) is 5.40. The molecule has 1 saturated heterocycles. The van der Waals surface area contributed by atoms with Gasteiger partial charge in [0, 0.05) is 26.1 Å². The van der Waals surface area contributed by atoms with Crippen molar-refractivity contribution < 1.29 is 32.4 Å². The zero-order valence-corrected chi connectivity index (χ0v) is 9.75. The Morgan fingerprint density at radius 1 is 1.37 bits per heavy atom. The highest BCUT2D eigenvalue weighted by molar-refractivity contribution is 5.79. The summed E-state index contributed by atoms with van der Waals surface area (Å²) in [7, 11) is 0. The Hall–Kier alpha value is -2.00. The van der Waals surface area contributed by atoms with Gasteiger partial charge in [0.25, 0.3) is 0 Å². The van der Waals surface area contributed by atoms with Crippen molar-refractivity contribution in [2.45, 2.75) is 19.0 Å². The van der Waals surface area contributed by atoms with Crippen molar-refractivity contribution in [3.63, 3.8) is 0 Å². The van der Waals surface area contributed by atoms with Gasteiger partial charge in [-0.2, -0.15) is 18.7 Å². The molecule has 1 aliphatic rings. The number of carbonyl (C=O) groups excluding carboxylic acids is 3. The third kappa shape index (κ3) is 5.02. The van der Waals surface area contributed by atoms with E-state index in [4.69, 9.17) is 0 Å². The number of alkyl halides is 3. The second-order valence-electron chi connectivity index (χ2n) is 3.73. The standard InChI is InChI=1S/C9H12F3N3O4/c10-9(11,12)7(17)19-14-8(18)13-3-5-15-4-1-2-6(15)16/h1-5H2,(H2,13,14,18). The van der Waals surface area contributed by atoms with Crippen molar-refractivity contribution in [2.24, 2.45) is 0 Å². The van der Waals surface area contributed by atoms with Crippen LogP contribution in [0.25, 0.3) is 0 Å². The topological polar surface area (TPSA) is 87.7 Å². The minimum Gasteiger partial charge on any atom is -0.341 e. The molecule has 0 unspecified atom stereocenters. The number of nitrogens with one attached hydrogen (secondary N) is 2. The van der Waals surface area contributed by atoms with Crippen molar-refractivity contribution in [1.29, 1.82) is 0 Å². The molecule has 2 N–H and O–H groups in total. The SMILES string of the molecule is O=C(NCCN1CCCC1=O)NOC(=O)C(F)(F)F. The number of urea groups is 1. The molecule has 10 heteroatoms. The highest BCUT2D eigenvalue weighted by Crippen LogP contribution is 2.15. The molecular formula is C9H12F3N3O4. The summed E-state index contributed by atoms with van der Waals surface area (Å²) >= 11 is 0. The first-order chi connectivity index (χ1) is 8.80. The Balaban J connectivity index is 2.15. The van der Waals surface area contributed by atoms with Crippen LogP contribution in [0.1, 0.15) is 12.8 Å². The second kappa shape index (κ2) is 6.25. The van der Waals surface area contributed by atoms with Crippen LogP contribution in [0.3, 0.4) is 0 Å². The third-order valence-electron chi connectivity index (χ3n) is 2.31. The predicted molar refractivity (Wildman–Crippen MR) is 54.5 cm³/mol. The monoisotopic (exact) mass is 283 g/mol. The molecule has 0 radical (unpaired) electrons. The van der Waals surface area contributed by atoms with Crippen LogP contribution in [0.4, 0.5) is 18.0 Å². The average molecular weight is 283 g/mol.